The van der Waals surface area contributed by atoms with E-state index in [1.807, 2.05) is 25.1 Å². The van der Waals surface area contributed by atoms with E-state index < -0.39 is 0 Å². The molecule has 0 bridgehead atoms. The van der Waals surface area contributed by atoms with Crippen LogP contribution in [0.5, 0.6) is 5.75 Å². The van der Waals surface area contributed by atoms with E-state index in [2.05, 4.69) is 10.6 Å². The van der Waals surface area contributed by atoms with Crippen LogP contribution in [0.3, 0.4) is 0 Å². The van der Waals surface area contributed by atoms with Gasteiger partial charge >= 0.3 is 0 Å². The van der Waals surface area contributed by atoms with Crippen molar-refractivity contribution < 1.29 is 14.6 Å². The van der Waals surface area contributed by atoms with Crippen molar-refractivity contribution in [2.24, 2.45) is 0 Å². The van der Waals surface area contributed by atoms with Crippen LogP contribution in [0.25, 0.3) is 0 Å². The highest BCUT2D eigenvalue weighted by Crippen LogP contribution is 2.30. The Balaban J connectivity index is 2.25. The lowest BCUT2D eigenvalue weighted by molar-refractivity contribution is -0.118. The SMILES string of the molecule is CCNC(CO)c1ccc2c(c1)NC(=O)CO2. The van der Waals surface area contributed by atoms with Gasteiger partial charge in [0, 0.05) is 0 Å². The number of carbonyl (C=O) groups excluding carboxylic acids is 1. The molecule has 1 aromatic carbocycles. The molecule has 1 aliphatic rings. The van der Waals surface area contributed by atoms with E-state index in [1.165, 1.54) is 0 Å². The zero-order valence-corrected chi connectivity index (χ0v) is 9.69. The first kappa shape index (κ1) is 11.9. The summed E-state index contributed by atoms with van der Waals surface area (Å²) in [7, 11) is 0. The van der Waals surface area contributed by atoms with Crippen LogP contribution in [0.2, 0.25) is 0 Å². The van der Waals surface area contributed by atoms with E-state index in [0.29, 0.717) is 11.4 Å². The van der Waals surface area contributed by atoms with E-state index in [9.17, 15) is 9.90 Å². The monoisotopic (exact) mass is 236 g/mol. The molecule has 0 aromatic heterocycles. The molecule has 0 aliphatic carbocycles. The second-order valence-corrected chi connectivity index (χ2v) is 3.89. The van der Waals surface area contributed by atoms with Crippen molar-refractivity contribution in [2.45, 2.75) is 13.0 Å². The molecule has 1 aliphatic heterocycles. The average molecular weight is 236 g/mol. The molecule has 1 atom stereocenters. The molecule has 1 aromatic rings. The minimum absolute atomic E-state index is 0.0153. The van der Waals surface area contributed by atoms with Crippen LogP contribution in [0, 0.1) is 0 Å². The second-order valence-electron chi connectivity index (χ2n) is 3.89. The van der Waals surface area contributed by atoms with Crippen LogP contribution < -0.4 is 15.4 Å². The highest BCUT2D eigenvalue weighted by Gasteiger charge is 2.18. The predicted molar refractivity (Wildman–Crippen MR) is 64.1 cm³/mol. The molecule has 2 rings (SSSR count). The predicted octanol–water partition coefficient (Wildman–Crippen LogP) is 0.660. The molecule has 0 radical (unpaired) electrons. The number of nitrogens with one attached hydrogen (secondary N) is 2. The minimum Gasteiger partial charge on any atom is -0.482 e. The van der Waals surface area contributed by atoms with E-state index in [4.69, 9.17) is 4.74 Å². The Kier molecular flexibility index (Phi) is 3.61. The van der Waals surface area contributed by atoms with Crippen LogP contribution in [-0.2, 0) is 4.79 Å². The number of hydrogen-bond acceptors (Lipinski definition) is 4. The number of aliphatic hydroxyl groups excluding tert-OH is 1. The Morgan fingerprint density at radius 2 is 2.41 bits per heavy atom. The van der Waals surface area contributed by atoms with Crippen LogP contribution >= 0.6 is 0 Å². The van der Waals surface area contributed by atoms with Crippen LogP contribution in [-0.4, -0.2) is 30.8 Å². The topological polar surface area (TPSA) is 70.6 Å². The zero-order valence-electron chi connectivity index (χ0n) is 9.69. The summed E-state index contributed by atoms with van der Waals surface area (Å²) in [4.78, 5) is 11.2. The van der Waals surface area contributed by atoms with Gasteiger partial charge in [0.25, 0.3) is 5.91 Å². The molecule has 5 nitrogen and oxygen atoms in total. The van der Waals surface area contributed by atoms with E-state index >= 15 is 0 Å². The number of aliphatic hydroxyl groups is 1. The van der Waals surface area contributed by atoms with Gasteiger partial charge in [-0.15, -0.1) is 0 Å². The Hall–Kier alpha value is -1.59. The van der Waals surface area contributed by atoms with Crippen molar-refractivity contribution in [3.63, 3.8) is 0 Å². The fourth-order valence-corrected chi connectivity index (χ4v) is 1.85. The first-order chi connectivity index (χ1) is 8.24. The van der Waals surface area contributed by atoms with E-state index in [0.717, 1.165) is 12.1 Å². The summed E-state index contributed by atoms with van der Waals surface area (Å²) >= 11 is 0. The molecule has 3 N–H and O–H groups in total. The number of anilines is 1. The number of likely N-dealkylation sites (N-methyl/N-ethyl adjacent to an activating group) is 1. The van der Waals surface area contributed by atoms with Gasteiger partial charge in [0.05, 0.1) is 18.3 Å². The third-order valence-electron chi connectivity index (χ3n) is 2.67. The summed E-state index contributed by atoms with van der Waals surface area (Å²) in [6.45, 7) is 2.82. The van der Waals surface area contributed by atoms with Gasteiger partial charge in [-0.25, -0.2) is 0 Å². The number of carbonyl (C=O) groups is 1. The zero-order chi connectivity index (χ0) is 12.3. The average Bonchev–Trinajstić information content (AvgIpc) is 2.35. The number of ether oxygens (including phenoxy) is 1. The van der Waals surface area contributed by atoms with Crippen LogP contribution in [0.1, 0.15) is 18.5 Å². The Morgan fingerprint density at radius 3 is 3.12 bits per heavy atom. The lowest BCUT2D eigenvalue weighted by atomic mass is 10.1. The van der Waals surface area contributed by atoms with Gasteiger partial charge in [-0.3, -0.25) is 4.79 Å². The molecule has 1 amide bonds. The fourth-order valence-electron chi connectivity index (χ4n) is 1.85. The van der Waals surface area contributed by atoms with Gasteiger partial charge in [-0.1, -0.05) is 13.0 Å². The van der Waals surface area contributed by atoms with E-state index in [1.54, 1.807) is 0 Å². The van der Waals surface area contributed by atoms with Crippen molar-refractivity contribution in [1.29, 1.82) is 0 Å². The quantitative estimate of drug-likeness (QED) is 0.718. The van der Waals surface area contributed by atoms with Crippen LogP contribution in [0.15, 0.2) is 18.2 Å². The minimum atomic E-state index is -0.154. The number of benzene rings is 1. The van der Waals surface area contributed by atoms with Gasteiger partial charge in [0.2, 0.25) is 0 Å². The Morgan fingerprint density at radius 1 is 1.59 bits per heavy atom. The molecular formula is C12H16N2O3. The smallest absolute Gasteiger partial charge is 0.262 e. The lowest BCUT2D eigenvalue weighted by Gasteiger charge is -2.21. The van der Waals surface area contributed by atoms with Gasteiger partial charge in [0.1, 0.15) is 5.75 Å². The lowest BCUT2D eigenvalue weighted by Crippen LogP contribution is -2.27. The number of rotatable bonds is 4. The fraction of sp³-hybridized carbons (Fsp3) is 0.417. The highest BCUT2D eigenvalue weighted by molar-refractivity contribution is 5.95. The maximum atomic E-state index is 11.2. The first-order valence-electron chi connectivity index (χ1n) is 5.65. The number of amides is 1. The summed E-state index contributed by atoms with van der Waals surface area (Å²) < 4.78 is 5.27. The molecule has 0 fully saturated rings. The molecular weight excluding hydrogens is 220 g/mol. The van der Waals surface area contributed by atoms with Gasteiger partial charge in [-0.05, 0) is 24.2 Å². The third kappa shape index (κ3) is 2.57. The molecule has 0 saturated heterocycles. The largest absolute Gasteiger partial charge is 0.482 e. The summed E-state index contributed by atoms with van der Waals surface area (Å²) in [5.41, 5.74) is 1.59. The third-order valence-corrected chi connectivity index (χ3v) is 2.67. The van der Waals surface area contributed by atoms with Crippen molar-refractivity contribution in [3.8, 4) is 5.75 Å². The number of fused-ring (bicyclic) bond motifs is 1. The molecule has 1 heterocycles. The summed E-state index contributed by atoms with van der Waals surface area (Å²) in [6, 6.07) is 5.41. The highest BCUT2D eigenvalue weighted by atomic mass is 16.5. The van der Waals surface area contributed by atoms with Crippen molar-refractivity contribution >= 4 is 11.6 Å². The maximum absolute atomic E-state index is 11.2. The van der Waals surface area contributed by atoms with Gasteiger partial charge in [-0.2, -0.15) is 0 Å². The van der Waals surface area contributed by atoms with Gasteiger partial charge in [0.15, 0.2) is 6.61 Å². The molecule has 1 unspecified atom stereocenters. The molecule has 0 spiro atoms. The molecule has 5 heteroatoms. The normalized spacial score (nSPS) is 15.8. The number of hydrogen-bond donors (Lipinski definition) is 3. The molecule has 92 valence electrons. The van der Waals surface area contributed by atoms with Crippen molar-refractivity contribution in [3.05, 3.63) is 23.8 Å². The first-order valence-corrected chi connectivity index (χ1v) is 5.65. The standard InChI is InChI=1S/C12H16N2O3/c1-2-13-10(6-15)8-3-4-11-9(5-8)14-12(16)7-17-11/h3-5,10,13,15H,2,6-7H2,1H3,(H,14,16). The summed E-state index contributed by atoms with van der Waals surface area (Å²) in [6.07, 6.45) is 0. The van der Waals surface area contributed by atoms with Gasteiger partial charge < -0.3 is 20.5 Å². The molecule has 17 heavy (non-hydrogen) atoms. The molecule has 0 saturated carbocycles. The van der Waals surface area contributed by atoms with Crippen molar-refractivity contribution in [2.75, 3.05) is 25.1 Å². The van der Waals surface area contributed by atoms with E-state index in [-0.39, 0.29) is 25.2 Å². The summed E-state index contributed by atoms with van der Waals surface area (Å²) in [5.74, 6) is 0.514. The Labute approximate surface area is 99.8 Å². The Bertz CT molecular complexity index is 420. The van der Waals surface area contributed by atoms with Crippen molar-refractivity contribution in [1.82, 2.24) is 5.32 Å². The van der Waals surface area contributed by atoms with Crippen LogP contribution in [0.4, 0.5) is 5.69 Å². The second kappa shape index (κ2) is 5.16. The maximum Gasteiger partial charge on any atom is 0.262 e. The summed E-state index contributed by atoms with van der Waals surface area (Å²) in [5, 5.41) is 15.2.